The summed E-state index contributed by atoms with van der Waals surface area (Å²) in [5.41, 5.74) is -0.0801. The molecule has 2 atom stereocenters. The van der Waals surface area contributed by atoms with Crippen LogP contribution in [-0.4, -0.2) is 47.1 Å². The van der Waals surface area contributed by atoms with Crippen molar-refractivity contribution >= 4 is 58.3 Å². The smallest absolute Gasteiger partial charge is 0.355 e. The fourth-order valence-electron chi connectivity index (χ4n) is 2.93. The summed E-state index contributed by atoms with van der Waals surface area (Å²) in [4.78, 5) is 50.6. The van der Waals surface area contributed by atoms with Crippen LogP contribution in [0.1, 0.15) is 13.8 Å². The van der Waals surface area contributed by atoms with E-state index in [1.165, 1.54) is 25.1 Å². The van der Waals surface area contributed by atoms with Crippen LogP contribution in [-0.2, 0) is 23.9 Å². The van der Waals surface area contributed by atoms with Gasteiger partial charge in [0, 0.05) is 6.92 Å². The van der Waals surface area contributed by atoms with E-state index in [0.717, 1.165) is 9.91 Å². The molecule has 8 nitrogen and oxygen atoms in total. The van der Waals surface area contributed by atoms with Gasteiger partial charge in [0.2, 0.25) is 11.8 Å². The SMILES string of the molecule is CCOC(=O)C1=NN(C(C)=O)[C@@H]2C(=O)N(c3ccc(Cl)c(Cl)c3)C(=O)[C@@H]12. The zero-order chi connectivity index (χ0) is 19.2. The number of halogens is 2. The maximum atomic E-state index is 12.9. The molecule has 0 N–H and O–H groups in total. The van der Waals surface area contributed by atoms with Crippen molar-refractivity contribution in [2.75, 3.05) is 11.5 Å². The fourth-order valence-corrected chi connectivity index (χ4v) is 3.22. The summed E-state index contributed by atoms with van der Waals surface area (Å²) in [7, 11) is 0. The van der Waals surface area contributed by atoms with E-state index >= 15 is 0 Å². The molecule has 10 heteroatoms. The average molecular weight is 398 g/mol. The number of carbonyl (C=O) groups is 4. The van der Waals surface area contributed by atoms with Gasteiger partial charge in [-0.1, -0.05) is 23.2 Å². The van der Waals surface area contributed by atoms with Crippen LogP contribution in [0.15, 0.2) is 23.3 Å². The van der Waals surface area contributed by atoms with E-state index in [0.29, 0.717) is 0 Å². The Kier molecular flexibility index (Phi) is 4.72. The third kappa shape index (κ3) is 2.75. The molecule has 1 aromatic carbocycles. The first-order valence-electron chi connectivity index (χ1n) is 7.66. The highest BCUT2D eigenvalue weighted by molar-refractivity contribution is 6.47. The van der Waals surface area contributed by atoms with Crippen LogP contribution in [0.2, 0.25) is 10.0 Å². The molecule has 3 amide bonds. The van der Waals surface area contributed by atoms with Crippen molar-refractivity contribution in [2.24, 2.45) is 11.0 Å². The lowest BCUT2D eigenvalue weighted by Gasteiger charge is -2.19. The molecule has 26 heavy (non-hydrogen) atoms. The van der Waals surface area contributed by atoms with Crippen molar-refractivity contribution in [3.63, 3.8) is 0 Å². The van der Waals surface area contributed by atoms with Crippen LogP contribution in [0.4, 0.5) is 5.69 Å². The summed E-state index contributed by atoms with van der Waals surface area (Å²) in [6.07, 6.45) is 0. The first-order valence-corrected chi connectivity index (χ1v) is 8.41. The van der Waals surface area contributed by atoms with Gasteiger partial charge in [0.15, 0.2) is 11.8 Å². The minimum atomic E-state index is -1.23. The number of ether oxygens (including phenoxy) is 1. The summed E-state index contributed by atoms with van der Waals surface area (Å²) in [5, 5.41) is 5.12. The number of fused-ring (bicyclic) bond motifs is 1. The zero-order valence-electron chi connectivity index (χ0n) is 13.7. The predicted octanol–water partition coefficient (Wildman–Crippen LogP) is 1.63. The Morgan fingerprint density at radius 3 is 2.46 bits per heavy atom. The molecule has 0 bridgehead atoms. The third-order valence-corrected chi connectivity index (χ3v) is 4.76. The Morgan fingerprint density at radius 1 is 1.19 bits per heavy atom. The topological polar surface area (TPSA) is 96.3 Å². The number of nitrogens with zero attached hydrogens (tertiary/aromatic N) is 3. The van der Waals surface area contributed by atoms with Crippen molar-refractivity contribution in [1.82, 2.24) is 5.01 Å². The highest BCUT2D eigenvalue weighted by atomic mass is 35.5. The number of carbonyl (C=O) groups excluding carboxylic acids is 4. The minimum absolute atomic E-state index is 0.0634. The van der Waals surface area contributed by atoms with E-state index in [-0.39, 0.29) is 28.1 Å². The second-order valence-corrected chi connectivity index (χ2v) is 6.42. The van der Waals surface area contributed by atoms with E-state index in [9.17, 15) is 19.2 Å². The Morgan fingerprint density at radius 2 is 1.88 bits per heavy atom. The van der Waals surface area contributed by atoms with Gasteiger partial charge in [0.1, 0.15) is 5.92 Å². The van der Waals surface area contributed by atoms with Crippen LogP contribution in [0, 0.1) is 5.92 Å². The van der Waals surface area contributed by atoms with E-state index in [1.807, 2.05) is 0 Å². The Balaban J connectivity index is 2.05. The van der Waals surface area contributed by atoms with Crippen LogP contribution < -0.4 is 4.90 Å². The second kappa shape index (κ2) is 6.69. The third-order valence-electron chi connectivity index (χ3n) is 4.02. The standard InChI is InChI=1S/C16H13Cl2N3O5/c1-3-26-16(25)12-11-13(21(19-12)7(2)22)15(24)20(14(11)23)8-4-5-9(17)10(18)6-8/h4-6,11,13H,3H2,1-2H3/t11-,13-/m0/s1. The molecule has 1 fully saturated rings. The quantitative estimate of drug-likeness (QED) is 0.570. The normalized spacial score (nSPS) is 21.8. The average Bonchev–Trinajstić information content (AvgIpc) is 3.09. The van der Waals surface area contributed by atoms with E-state index in [2.05, 4.69) is 5.10 Å². The molecular weight excluding hydrogens is 385 g/mol. The minimum Gasteiger partial charge on any atom is -0.461 e. The van der Waals surface area contributed by atoms with Gasteiger partial charge in [-0.3, -0.25) is 14.4 Å². The summed E-state index contributed by atoms with van der Waals surface area (Å²) >= 11 is 11.8. The van der Waals surface area contributed by atoms with E-state index < -0.39 is 35.7 Å². The molecule has 0 saturated carbocycles. The number of hydrogen-bond acceptors (Lipinski definition) is 6. The Bertz CT molecular complexity index is 869. The zero-order valence-corrected chi connectivity index (χ0v) is 15.2. The Labute approximate surface area is 158 Å². The molecule has 3 rings (SSSR count). The molecule has 0 spiro atoms. The van der Waals surface area contributed by atoms with Gasteiger partial charge in [-0.25, -0.2) is 14.7 Å². The monoisotopic (exact) mass is 397 g/mol. The molecule has 0 unspecified atom stereocenters. The lowest BCUT2D eigenvalue weighted by atomic mass is 9.98. The van der Waals surface area contributed by atoms with Crippen molar-refractivity contribution in [3.8, 4) is 0 Å². The maximum absolute atomic E-state index is 12.9. The summed E-state index contributed by atoms with van der Waals surface area (Å²) in [6, 6.07) is 3.02. The first kappa shape index (κ1) is 18.3. The van der Waals surface area contributed by atoms with Crippen molar-refractivity contribution in [3.05, 3.63) is 28.2 Å². The van der Waals surface area contributed by atoms with Gasteiger partial charge >= 0.3 is 5.97 Å². The van der Waals surface area contributed by atoms with Crippen molar-refractivity contribution < 1.29 is 23.9 Å². The molecule has 1 saturated heterocycles. The summed E-state index contributed by atoms with van der Waals surface area (Å²) < 4.78 is 4.89. The van der Waals surface area contributed by atoms with E-state index in [4.69, 9.17) is 27.9 Å². The number of hydrazone groups is 1. The number of esters is 1. The van der Waals surface area contributed by atoms with Gasteiger partial charge < -0.3 is 4.74 Å². The molecule has 0 aliphatic carbocycles. The number of anilines is 1. The van der Waals surface area contributed by atoms with Crippen molar-refractivity contribution in [1.29, 1.82) is 0 Å². The number of hydrogen-bond donors (Lipinski definition) is 0. The van der Waals surface area contributed by atoms with Gasteiger partial charge in [0.05, 0.1) is 22.3 Å². The van der Waals surface area contributed by atoms with E-state index in [1.54, 1.807) is 6.92 Å². The molecule has 136 valence electrons. The summed E-state index contributed by atoms with van der Waals surface area (Å²) in [6.45, 7) is 2.85. The lowest BCUT2D eigenvalue weighted by Crippen LogP contribution is -2.41. The molecular formula is C16H13Cl2N3O5. The predicted molar refractivity (Wildman–Crippen MR) is 92.8 cm³/mol. The fraction of sp³-hybridized carbons (Fsp3) is 0.312. The maximum Gasteiger partial charge on any atom is 0.355 e. The van der Waals surface area contributed by atoms with Crippen LogP contribution >= 0.6 is 23.2 Å². The van der Waals surface area contributed by atoms with Crippen LogP contribution in [0.5, 0.6) is 0 Å². The molecule has 2 aliphatic rings. The first-order chi connectivity index (χ1) is 12.3. The molecule has 2 heterocycles. The highest BCUT2D eigenvalue weighted by Gasteiger charge is 2.59. The molecule has 1 aromatic rings. The van der Waals surface area contributed by atoms with Crippen molar-refractivity contribution in [2.45, 2.75) is 19.9 Å². The molecule has 0 radical (unpaired) electrons. The number of imide groups is 1. The number of benzene rings is 1. The second-order valence-electron chi connectivity index (χ2n) is 5.60. The van der Waals surface area contributed by atoms with Gasteiger partial charge in [-0.15, -0.1) is 0 Å². The van der Waals surface area contributed by atoms with Crippen LogP contribution in [0.3, 0.4) is 0 Å². The number of rotatable bonds is 3. The number of amides is 3. The van der Waals surface area contributed by atoms with Gasteiger partial charge in [-0.05, 0) is 25.1 Å². The van der Waals surface area contributed by atoms with Gasteiger partial charge in [0.25, 0.3) is 5.91 Å². The van der Waals surface area contributed by atoms with Gasteiger partial charge in [-0.2, -0.15) is 5.10 Å². The molecule has 0 aromatic heterocycles. The highest BCUT2D eigenvalue weighted by Crippen LogP contribution is 2.37. The largest absolute Gasteiger partial charge is 0.461 e. The molecule has 2 aliphatic heterocycles. The van der Waals surface area contributed by atoms with Crippen LogP contribution in [0.25, 0.3) is 0 Å². The summed E-state index contributed by atoms with van der Waals surface area (Å²) in [5.74, 6) is -4.01. The lowest BCUT2D eigenvalue weighted by molar-refractivity contribution is -0.136. The Hall–Kier alpha value is -2.45.